The summed E-state index contributed by atoms with van der Waals surface area (Å²) in [6.45, 7) is 5.80. The number of anilines is 1. The number of carbonyl (C=O) groups is 1. The van der Waals surface area contributed by atoms with Gasteiger partial charge in [-0.05, 0) is 62.2 Å². The predicted octanol–water partition coefficient (Wildman–Crippen LogP) is 6.54. The summed E-state index contributed by atoms with van der Waals surface area (Å²) in [7, 11) is 1.63. The van der Waals surface area contributed by atoms with Gasteiger partial charge in [-0.3, -0.25) is 0 Å². The Labute approximate surface area is 204 Å². The summed E-state index contributed by atoms with van der Waals surface area (Å²) < 4.78 is 18.2. The maximum absolute atomic E-state index is 13.4. The molecule has 0 amide bonds. The smallest absolute Gasteiger partial charge is 0.338 e. The number of hydrogen-bond acceptors (Lipinski definition) is 5. The highest BCUT2D eigenvalue weighted by Gasteiger charge is 2.34. The summed E-state index contributed by atoms with van der Waals surface area (Å²) in [5, 5.41) is 3.47. The fourth-order valence-electron chi connectivity index (χ4n) is 3.32. The Morgan fingerprint density at radius 3 is 2.18 bits per heavy atom. The molecular formula is C27H30BrNO4. The van der Waals surface area contributed by atoms with Crippen LogP contribution in [0, 0.1) is 0 Å². The molecule has 0 aromatic heterocycles. The first-order chi connectivity index (χ1) is 15.8. The summed E-state index contributed by atoms with van der Waals surface area (Å²) >= 11 is 3.56. The number of ether oxygens (including phenoxy) is 3. The standard InChI is InChI=1S/C27H30BrNO4/c1-27(2,3)33-26(30)25(32-18-20-12-8-9-13-23(20)28)24(19-10-6-5-7-11-19)29-21-14-16-22(31-4)17-15-21/h5-17,24-25,29H,18H2,1-4H3/t24-,25+/m0/s1. The van der Waals surface area contributed by atoms with E-state index in [-0.39, 0.29) is 6.61 Å². The van der Waals surface area contributed by atoms with Gasteiger partial charge in [-0.15, -0.1) is 0 Å². The average molecular weight is 512 g/mol. The van der Waals surface area contributed by atoms with E-state index in [0.717, 1.165) is 27.0 Å². The van der Waals surface area contributed by atoms with Gasteiger partial charge in [-0.1, -0.05) is 64.5 Å². The predicted molar refractivity (Wildman–Crippen MR) is 134 cm³/mol. The Morgan fingerprint density at radius 2 is 1.58 bits per heavy atom. The summed E-state index contributed by atoms with van der Waals surface area (Å²) in [6, 6.07) is 24.7. The number of esters is 1. The van der Waals surface area contributed by atoms with Crippen LogP contribution in [0.25, 0.3) is 0 Å². The fraction of sp³-hybridized carbons (Fsp3) is 0.296. The minimum absolute atomic E-state index is 0.249. The monoisotopic (exact) mass is 511 g/mol. The highest BCUT2D eigenvalue weighted by Crippen LogP contribution is 2.29. The molecule has 0 aliphatic carbocycles. The SMILES string of the molecule is COc1ccc(N[C@@H](c2ccccc2)[C@@H](OCc2ccccc2Br)C(=O)OC(C)(C)C)cc1. The summed E-state index contributed by atoms with van der Waals surface area (Å²) in [6.07, 6.45) is -0.888. The van der Waals surface area contributed by atoms with Crippen LogP contribution in [0.4, 0.5) is 5.69 Å². The lowest BCUT2D eigenvalue weighted by atomic mass is 10.00. The number of hydrogen-bond donors (Lipinski definition) is 1. The van der Waals surface area contributed by atoms with Crippen molar-refractivity contribution in [3.63, 3.8) is 0 Å². The number of nitrogens with one attached hydrogen (secondary N) is 1. The van der Waals surface area contributed by atoms with Crippen LogP contribution in [0.15, 0.2) is 83.3 Å². The third kappa shape index (κ3) is 7.34. The van der Waals surface area contributed by atoms with Crippen LogP contribution in [0.2, 0.25) is 0 Å². The van der Waals surface area contributed by atoms with E-state index in [1.165, 1.54) is 0 Å². The molecule has 2 atom stereocenters. The molecule has 3 rings (SSSR count). The summed E-state index contributed by atoms with van der Waals surface area (Å²) in [4.78, 5) is 13.4. The Hall–Kier alpha value is -2.83. The summed E-state index contributed by atoms with van der Waals surface area (Å²) in [5.41, 5.74) is 2.05. The van der Waals surface area contributed by atoms with E-state index >= 15 is 0 Å². The Morgan fingerprint density at radius 1 is 0.939 bits per heavy atom. The van der Waals surface area contributed by atoms with Gasteiger partial charge in [0.1, 0.15) is 11.4 Å². The number of halogens is 1. The maximum Gasteiger partial charge on any atom is 0.338 e. The van der Waals surface area contributed by atoms with Crippen LogP contribution in [0.1, 0.15) is 37.9 Å². The molecule has 174 valence electrons. The lowest BCUT2D eigenvalue weighted by molar-refractivity contribution is -0.170. The van der Waals surface area contributed by atoms with E-state index in [0.29, 0.717) is 0 Å². The number of methoxy groups -OCH3 is 1. The molecule has 0 aliphatic heterocycles. The normalized spacial score (nSPS) is 13.1. The molecule has 0 spiro atoms. The van der Waals surface area contributed by atoms with E-state index in [2.05, 4.69) is 21.2 Å². The molecule has 0 saturated heterocycles. The molecule has 5 nitrogen and oxygen atoms in total. The zero-order valence-electron chi connectivity index (χ0n) is 19.4. The van der Waals surface area contributed by atoms with Crippen molar-refractivity contribution in [3.05, 3.63) is 94.5 Å². The van der Waals surface area contributed by atoms with Gasteiger partial charge in [0, 0.05) is 10.2 Å². The van der Waals surface area contributed by atoms with Crippen molar-refractivity contribution in [2.45, 2.75) is 45.1 Å². The topological polar surface area (TPSA) is 56.8 Å². The molecule has 6 heteroatoms. The maximum atomic E-state index is 13.4. The number of benzene rings is 3. The molecule has 0 unspecified atom stereocenters. The van der Waals surface area contributed by atoms with E-state index in [9.17, 15) is 4.79 Å². The van der Waals surface area contributed by atoms with Gasteiger partial charge in [0.25, 0.3) is 0 Å². The third-order valence-corrected chi connectivity index (χ3v) is 5.66. The zero-order chi connectivity index (χ0) is 23.8. The number of carbonyl (C=O) groups excluding carboxylic acids is 1. The molecule has 0 saturated carbocycles. The molecule has 3 aromatic rings. The molecule has 0 aliphatic rings. The van der Waals surface area contributed by atoms with Crippen LogP contribution in [0.5, 0.6) is 5.75 Å². The molecule has 0 radical (unpaired) electrons. The van der Waals surface area contributed by atoms with Crippen LogP contribution in [-0.4, -0.2) is 24.8 Å². The van der Waals surface area contributed by atoms with Gasteiger partial charge in [-0.2, -0.15) is 0 Å². The van der Waals surface area contributed by atoms with Gasteiger partial charge < -0.3 is 19.5 Å². The Balaban J connectivity index is 1.95. The van der Waals surface area contributed by atoms with Crippen LogP contribution < -0.4 is 10.1 Å². The van der Waals surface area contributed by atoms with Crippen molar-refractivity contribution < 1.29 is 19.0 Å². The van der Waals surface area contributed by atoms with Crippen LogP contribution >= 0.6 is 15.9 Å². The first-order valence-corrected chi connectivity index (χ1v) is 11.6. The molecule has 1 N–H and O–H groups in total. The van der Waals surface area contributed by atoms with Crippen molar-refractivity contribution >= 4 is 27.6 Å². The molecule has 0 heterocycles. The van der Waals surface area contributed by atoms with Gasteiger partial charge in [0.05, 0.1) is 19.8 Å². The molecule has 0 bridgehead atoms. The van der Waals surface area contributed by atoms with Crippen molar-refractivity contribution in [2.24, 2.45) is 0 Å². The van der Waals surface area contributed by atoms with Crippen molar-refractivity contribution in [3.8, 4) is 5.75 Å². The lowest BCUT2D eigenvalue weighted by Gasteiger charge is -2.31. The second-order valence-corrected chi connectivity index (χ2v) is 9.47. The molecule has 3 aromatic carbocycles. The minimum atomic E-state index is -0.888. The largest absolute Gasteiger partial charge is 0.497 e. The van der Waals surface area contributed by atoms with Gasteiger partial charge in [0.15, 0.2) is 6.10 Å². The Bertz CT molecular complexity index is 1030. The third-order valence-electron chi connectivity index (χ3n) is 4.89. The van der Waals surface area contributed by atoms with E-state index in [1.54, 1.807) is 7.11 Å². The van der Waals surface area contributed by atoms with Crippen LogP contribution in [0.3, 0.4) is 0 Å². The zero-order valence-corrected chi connectivity index (χ0v) is 21.0. The Kier molecular flexibility index (Phi) is 8.53. The molecular weight excluding hydrogens is 482 g/mol. The quantitative estimate of drug-likeness (QED) is 0.330. The highest BCUT2D eigenvalue weighted by molar-refractivity contribution is 9.10. The van der Waals surface area contributed by atoms with Gasteiger partial charge >= 0.3 is 5.97 Å². The first kappa shape index (κ1) is 24.8. The van der Waals surface area contributed by atoms with Gasteiger partial charge in [-0.25, -0.2) is 4.79 Å². The van der Waals surface area contributed by atoms with Gasteiger partial charge in [0.2, 0.25) is 0 Å². The second-order valence-electron chi connectivity index (χ2n) is 8.62. The average Bonchev–Trinajstić information content (AvgIpc) is 2.79. The lowest BCUT2D eigenvalue weighted by Crippen LogP contribution is -2.40. The molecule has 0 fully saturated rings. The van der Waals surface area contributed by atoms with E-state index in [4.69, 9.17) is 14.2 Å². The van der Waals surface area contributed by atoms with Crippen LogP contribution in [-0.2, 0) is 20.9 Å². The first-order valence-electron chi connectivity index (χ1n) is 10.8. The number of rotatable bonds is 9. The second kappa shape index (κ2) is 11.3. The molecule has 33 heavy (non-hydrogen) atoms. The summed E-state index contributed by atoms with van der Waals surface area (Å²) in [5.74, 6) is 0.329. The fourth-order valence-corrected chi connectivity index (χ4v) is 3.72. The van der Waals surface area contributed by atoms with E-state index in [1.807, 2.05) is 99.6 Å². The van der Waals surface area contributed by atoms with Crippen molar-refractivity contribution in [2.75, 3.05) is 12.4 Å². The highest BCUT2D eigenvalue weighted by atomic mass is 79.9. The van der Waals surface area contributed by atoms with E-state index < -0.39 is 23.7 Å². The minimum Gasteiger partial charge on any atom is -0.497 e. The van der Waals surface area contributed by atoms with Crippen molar-refractivity contribution in [1.82, 2.24) is 0 Å². The van der Waals surface area contributed by atoms with Crippen molar-refractivity contribution in [1.29, 1.82) is 0 Å².